The molecule has 0 saturated heterocycles. The monoisotopic (exact) mass is 232 g/mol. The van der Waals surface area contributed by atoms with E-state index in [4.69, 9.17) is 0 Å². The fourth-order valence-electron chi connectivity index (χ4n) is 3.71. The van der Waals surface area contributed by atoms with Gasteiger partial charge in [-0.05, 0) is 43.9 Å². The Morgan fingerprint density at radius 3 is 2.88 bits per heavy atom. The van der Waals surface area contributed by atoms with Crippen LogP contribution >= 0.6 is 0 Å². The predicted molar refractivity (Wildman–Crippen MR) is 64.4 cm³/mol. The Balaban J connectivity index is 1.50. The highest BCUT2D eigenvalue weighted by Gasteiger charge is 2.41. The molecule has 1 aromatic rings. The largest absolute Gasteiger partial charge is 0.307 e. The van der Waals surface area contributed by atoms with Crippen LogP contribution < -0.4 is 5.32 Å². The minimum absolute atomic E-state index is 0.646. The molecule has 2 bridgehead atoms. The second kappa shape index (κ2) is 3.80. The first-order valence-corrected chi connectivity index (χ1v) is 7.02. The predicted octanol–water partition coefficient (Wildman–Crippen LogP) is 1.89. The normalized spacial score (nSPS) is 35.6. The number of aromatic nitrogens is 3. The molecule has 92 valence electrons. The van der Waals surface area contributed by atoms with Crippen molar-refractivity contribution >= 4 is 0 Å². The third kappa shape index (κ3) is 1.79. The standard InChI is InChI=1S/C13H20N4/c1-2-10-5-9(1)6-12(10)17-13(15-8-16-17)7-14-11-3-4-11/h8-12,14H,1-7H2. The first-order valence-electron chi connectivity index (χ1n) is 7.02. The van der Waals surface area contributed by atoms with Crippen molar-refractivity contribution in [3.63, 3.8) is 0 Å². The summed E-state index contributed by atoms with van der Waals surface area (Å²) in [6.07, 6.45) is 10.0. The van der Waals surface area contributed by atoms with Gasteiger partial charge in [0.1, 0.15) is 12.2 Å². The number of nitrogens with zero attached hydrogens (tertiary/aromatic N) is 3. The molecule has 3 aliphatic rings. The Morgan fingerprint density at radius 1 is 1.24 bits per heavy atom. The van der Waals surface area contributed by atoms with E-state index in [-0.39, 0.29) is 0 Å². The lowest BCUT2D eigenvalue weighted by Gasteiger charge is -2.23. The Morgan fingerprint density at radius 2 is 2.18 bits per heavy atom. The summed E-state index contributed by atoms with van der Waals surface area (Å²) >= 11 is 0. The van der Waals surface area contributed by atoms with Crippen LogP contribution in [-0.4, -0.2) is 20.8 Å². The smallest absolute Gasteiger partial charge is 0.141 e. The summed E-state index contributed by atoms with van der Waals surface area (Å²) in [5.74, 6) is 2.99. The van der Waals surface area contributed by atoms with Crippen LogP contribution in [0.15, 0.2) is 6.33 Å². The molecule has 4 nitrogen and oxygen atoms in total. The fourth-order valence-corrected chi connectivity index (χ4v) is 3.71. The van der Waals surface area contributed by atoms with E-state index in [0.29, 0.717) is 6.04 Å². The van der Waals surface area contributed by atoms with Gasteiger partial charge < -0.3 is 5.32 Å². The zero-order valence-electron chi connectivity index (χ0n) is 10.2. The molecule has 0 spiro atoms. The van der Waals surface area contributed by atoms with Gasteiger partial charge in [0.15, 0.2) is 0 Å². The molecule has 4 rings (SSSR count). The van der Waals surface area contributed by atoms with Gasteiger partial charge in [-0.2, -0.15) is 5.10 Å². The highest BCUT2D eigenvalue weighted by atomic mass is 15.4. The highest BCUT2D eigenvalue weighted by molar-refractivity contribution is 4.98. The van der Waals surface area contributed by atoms with Gasteiger partial charge in [0.05, 0.1) is 12.6 Å². The van der Waals surface area contributed by atoms with E-state index in [1.54, 1.807) is 6.33 Å². The molecule has 3 unspecified atom stereocenters. The Kier molecular flexibility index (Phi) is 2.25. The van der Waals surface area contributed by atoms with Gasteiger partial charge in [-0.1, -0.05) is 6.42 Å². The van der Waals surface area contributed by atoms with Gasteiger partial charge in [-0.3, -0.25) is 0 Å². The second-order valence-corrected chi connectivity index (χ2v) is 6.02. The maximum absolute atomic E-state index is 4.48. The van der Waals surface area contributed by atoms with Crippen LogP contribution in [0, 0.1) is 11.8 Å². The van der Waals surface area contributed by atoms with Crippen molar-refractivity contribution in [3.8, 4) is 0 Å². The van der Waals surface area contributed by atoms with Crippen molar-refractivity contribution < 1.29 is 0 Å². The van der Waals surface area contributed by atoms with Crippen LogP contribution in [0.1, 0.15) is 50.4 Å². The number of hydrogen-bond donors (Lipinski definition) is 1. The van der Waals surface area contributed by atoms with Crippen molar-refractivity contribution in [3.05, 3.63) is 12.2 Å². The maximum Gasteiger partial charge on any atom is 0.141 e. The Labute approximate surface area is 102 Å². The summed E-state index contributed by atoms with van der Waals surface area (Å²) in [5, 5.41) is 8.02. The lowest BCUT2D eigenvalue weighted by molar-refractivity contribution is 0.296. The SMILES string of the molecule is c1nc(CNC2CC2)n(C2CC3CCC2C3)n1. The molecule has 0 amide bonds. The van der Waals surface area contributed by atoms with Gasteiger partial charge in [0, 0.05) is 6.04 Å². The lowest BCUT2D eigenvalue weighted by atomic mass is 9.95. The molecule has 17 heavy (non-hydrogen) atoms. The zero-order valence-corrected chi connectivity index (χ0v) is 10.2. The maximum atomic E-state index is 4.48. The summed E-state index contributed by atoms with van der Waals surface area (Å²) in [6.45, 7) is 0.901. The van der Waals surface area contributed by atoms with Crippen LogP contribution in [0.4, 0.5) is 0 Å². The van der Waals surface area contributed by atoms with Crippen LogP contribution in [0.2, 0.25) is 0 Å². The highest BCUT2D eigenvalue weighted by Crippen LogP contribution is 2.50. The van der Waals surface area contributed by atoms with E-state index in [2.05, 4.69) is 20.1 Å². The first-order chi connectivity index (χ1) is 8.40. The molecule has 3 fully saturated rings. The van der Waals surface area contributed by atoms with Gasteiger partial charge >= 0.3 is 0 Å². The molecule has 1 aromatic heterocycles. The molecular formula is C13H20N4. The van der Waals surface area contributed by atoms with Crippen LogP contribution in [0.3, 0.4) is 0 Å². The van der Waals surface area contributed by atoms with E-state index in [0.717, 1.165) is 30.2 Å². The number of nitrogens with one attached hydrogen (secondary N) is 1. The molecular weight excluding hydrogens is 212 g/mol. The van der Waals surface area contributed by atoms with E-state index >= 15 is 0 Å². The fraction of sp³-hybridized carbons (Fsp3) is 0.846. The summed E-state index contributed by atoms with van der Waals surface area (Å²) in [7, 11) is 0. The summed E-state index contributed by atoms with van der Waals surface area (Å²) < 4.78 is 2.22. The molecule has 0 aliphatic heterocycles. The zero-order chi connectivity index (χ0) is 11.2. The third-order valence-electron chi connectivity index (χ3n) is 4.79. The molecule has 3 saturated carbocycles. The topological polar surface area (TPSA) is 42.7 Å². The van der Waals surface area contributed by atoms with Crippen molar-refractivity contribution in [2.45, 2.75) is 57.2 Å². The van der Waals surface area contributed by atoms with Crippen molar-refractivity contribution in [1.29, 1.82) is 0 Å². The van der Waals surface area contributed by atoms with Crippen molar-refractivity contribution in [2.24, 2.45) is 11.8 Å². The van der Waals surface area contributed by atoms with Crippen LogP contribution in [0.5, 0.6) is 0 Å². The van der Waals surface area contributed by atoms with E-state index in [9.17, 15) is 0 Å². The molecule has 3 atom stereocenters. The minimum Gasteiger partial charge on any atom is -0.307 e. The van der Waals surface area contributed by atoms with E-state index in [1.807, 2.05) is 0 Å². The van der Waals surface area contributed by atoms with Crippen molar-refractivity contribution in [2.75, 3.05) is 0 Å². The van der Waals surface area contributed by atoms with E-state index < -0.39 is 0 Å². The summed E-state index contributed by atoms with van der Waals surface area (Å²) in [5.41, 5.74) is 0. The molecule has 0 aromatic carbocycles. The quantitative estimate of drug-likeness (QED) is 0.862. The van der Waals surface area contributed by atoms with Gasteiger partial charge in [0.25, 0.3) is 0 Å². The summed E-state index contributed by atoms with van der Waals surface area (Å²) in [6, 6.07) is 1.40. The number of fused-ring (bicyclic) bond motifs is 2. The molecule has 4 heteroatoms. The van der Waals surface area contributed by atoms with Gasteiger partial charge in [-0.15, -0.1) is 0 Å². The molecule has 3 aliphatic carbocycles. The van der Waals surface area contributed by atoms with Crippen LogP contribution in [-0.2, 0) is 6.54 Å². The van der Waals surface area contributed by atoms with Gasteiger partial charge in [0.2, 0.25) is 0 Å². The van der Waals surface area contributed by atoms with Crippen LogP contribution in [0.25, 0.3) is 0 Å². The average molecular weight is 232 g/mol. The Bertz CT molecular complexity index is 409. The minimum atomic E-state index is 0.646. The molecule has 1 heterocycles. The third-order valence-corrected chi connectivity index (χ3v) is 4.79. The first kappa shape index (κ1) is 10.1. The molecule has 1 N–H and O–H groups in total. The number of rotatable bonds is 4. The second-order valence-electron chi connectivity index (χ2n) is 6.02. The van der Waals surface area contributed by atoms with Crippen molar-refractivity contribution in [1.82, 2.24) is 20.1 Å². The summed E-state index contributed by atoms with van der Waals surface area (Å²) in [4.78, 5) is 4.43. The molecule has 0 radical (unpaired) electrons. The number of hydrogen-bond acceptors (Lipinski definition) is 3. The Hall–Kier alpha value is -0.900. The lowest BCUT2D eigenvalue weighted by Crippen LogP contribution is -2.24. The van der Waals surface area contributed by atoms with E-state index in [1.165, 1.54) is 38.5 Å². The average Bonchev–Trinajstić information content (AvgIpc) is 2.81. The van der Waals surface area contributed by atoms with Gasteiger partial charge in [-0.25, -0.2) is 9.67 Å².